The topological polar surface area (TPSA) is 102 Å². The predicted molar refractivity (Wildman–Crippen MR) is 244 cm³/mol. The molecule has 3 N–H and O–H groups in total. The van der Waals surface area contributed by atoms with Gasteiger partial charge < -0.3 is 36.3 Å². The third kappa shape index (κ3) is 23.9. The van der Waals surface area contributed by atoms with E-state index in [-0.39, 0.29) is 157 Å². The number of nitrogens with one attached hydrogen (secondary N) is 1. The van der Waals surface area contributed by atoms with E-state index < -0.39 is 0 Å². The van der Waals surface area contributed by atoms with E-state index >= 15 is 0 Å². The molecule has 1 aromatic heterocycles. The number of nitrogens with two attached hydrogens (primary N) is 1. The summed E-state index contributed by atoms with van der Waals surface area (Å²) in [5.74, 6) is -0.0606. The van der Waals surface area contributed by atoms with Crippen LogP contribution in [0.4, 0.5) is 20.3 Å². The number of rotatable bonds is 9. The summed E-state index contributed by atoms with van der Waals surface area (Å²) in [6.07, 6.45) is 0.328. The summed E-state index contributed by atoms with van der Waals surface area (Å²) in [6.45, 7) is 9.83. The van der Waals surface area contributed by atoms with E-state index in [0.717, 1.165) is 27.8 Å². The molecule has 0 atom stereocenters. The van der Waals surface area contributed by atoms with Crippen LogP contribution in [0.2, 0.25) is 10.0 Å². The summed E-state index contributed by atoms with van der Waals surface area (Å²) in [4.78, 5) is 30.7. The maximum Gasteiger partial charge on any atom is 1.00 e. The molecule has 0 saturated heterocycles. The SMILES string of the molecule is C.C.Cc1cccc(Cl)c1CC(=O)CCl.Cc1cccc(Cl)c1NC(=O)c1sc(SCc2cccc(F)c2)nc1N.Fc1cccc(CBr)c1.[C-]#[N+]N=C([S-])[S-].[K+].[K+]. The second kappa shape index (κ2) is 34.4. The molecule has 0 spiro atoms. The first-order chi connectivity index (χ1) is 25.7. The number of Topliss-reactive ketones (excluding diaryl/α,β-unsaturated/α-hetero) is 1. The Labute approximate surface area is 468 Å². The average molecular weight is 1040 g/mol. The van der Waals surface area contributed by atoms with Gasteiger partial charge in [-0.2, -0.15) is 10.9 Å². The third-order valence-electron chi connectivity index (χ3n) is 6.60. The van der Waals surface area contributed by atoms with Crippen LogP contribution in [0.1, 0.15) is 52.3 Å². The van der Waals surface area contributed by atoms with Crippen molar-refractivity contribution < 1.29 is 121 Å². The van der Waals surface area contributed by atoms with Gasteiger partial charge in [0.25, 0.3) is 5.91 Å². The molecular formula is C39H39BrCl3F2K2N5O2S4. The molecule has 58 heavy (non-hydrogen) atoms. The Bertz CT molecular complexity index is 2070. The number of alkyl halides is 2. The Balaban J connectivity index is -0.000000794. The van der Waals surface area contributed by atoms with Crippen molar-refractivity contribution in [2.24, 2.45) is 5.10 Å². The van der Waals surface area contributed by atoms with Crippen LogP contribution in [0.3, 0.4) is 0 Å². The number of aryl methyl sites for hydroxylation is 2. The summed E-state index contributed by atoms with van der Waals surface area (Å²) >= 11 is 31.8. The predicted octanol–water partition coefficient (Wildman–Crippen LogP) is 6.64. The zero-order chi connectivity index (χ0) is 40.2. The van der Waals surface area contributed by atoms with Gasteiger partial charge in [-0.25, -0.2) is 13.8 Å². The summed E-state index contributed by atoms with van der Waals surface area (Å²) in [5.41, 5.74) is 11.0. The molecule has 5 rings (SSSR count). The smallest absolute Gasteiger partial charge is 0.782 e. The number of halogens is 6. The van der Waals surface area contributed by atoms with Gasteiger partial charge in [0.2, 0.25) is 0 Å². The van der Waals surface area contributed by atoms with Gasteiger partial charge in [0.1, 0.15) is 22.3 Å². The van der Waals surface area contributed by atoms with Crippen molar-refractivity contribution in [2.75, 3.05) is 16.9 Å². The van der Waals surface area contributed by atoms with Gasteiger partial charge in [-0.05, 0) is 78.1 Å². The van der Waals surface area contributed by atoms with E-state index in [1.807, 2.05) is 50.2 Å². The van der Waals surface area contributed by atoms with Gasteiger partial charge in [-0.3, -0.25) is 9.59 Å². The van der Waals surface area contributed by atoms with Crippen LogP contribution in [0, 0.1) is 32.1 Å². The summed E-state index contributed by atoms with van der Waals surface area (Å²) in [6, 6.07) is 23.8. The molecule has 7 nitrogen and oxygen atoms in total. The van der Waals surface area contributed by atoms with Crippen molar-refractivity contribution in [1.29, 1.82) is 0 Å². The van der Waals surface area contributed by atoms with E-state index in [1.165, 1.54) is 47.4 Å². The number of aromatic nitrogens is 1. The second-order valence-corrected chi connectivity index (χ2v) is 15.5. The average Bonchev–Trinajstić information content (AvgIpc) is 3.51. The molecule has 0 radical (unpaired) electrons. The zero-order valence-electron chi connectivity index (χ0n) is 30.5. The van der Waals surface area contributed by atoms with E-state index in [1.54, 1.807) is 24.3 Å². The number of thiazole rings is 1. The molecule has 300 valence electrons. The Kier molecular flexibility index (Phi) is 36.9. The van der Waals surface area contributed by atoms with Crippen molar-refractivity contribution in [1.82, 2.24) is 4.98 Å². The Morgan fingerprint density at radius 2 is 1.47 bits per heavy atom. The van der Waals surface area contributed by atoms with Crippen molar-refractivity contribution in [3.63, 3.8) is 0 Å². The van der Waals surface area contributed by atoms with E-state index in [4.69, 9.17) is 47.1 Å². The van der Waals surface area contributed by atoms with Gasteiger partial charge in [0.05, 0.1) is 16.6 Å². The number of thioether (sulfide) groups is 1. The number of nitrogen functional groups attached to an aromatic ring is 1. The van der Waals surface area contributed by atoms with Gasteiger partial charge in [-0.1, -0.05) is 114 Å². The number of anilines is 2. The van der Waals surface area contributed by atoms with Crippen LogP contribution in [0.15, 0.2) is 94.4 Å². The van der Waals surface area contributed by atoms with Crippen LogP contribution in [0.25, 0.3) is 4.95 Å². The van der Waals surface area contributed by atoms with Crippen molar-refractivity contribution >= 4 is 127 Å². The first kappa shape index (κ1) is 62.2. The molecule has 5 aromatic rings. The Morgan fingerprint density at radius 3 is 1.93 bits per heavy atom. The number of nitrogens with zero attached hydrogens (tertiary/aromatic N) is 3. The first-order valence-electron chi connectivity index (χ1n) is 15.3. The minimum Gasteiger partial charge on any atom is -0.782 e. The largest absolute Gasteiger partial charge is 1.00 e. The number of carbonyl (C=O) groups excluding carboxylic acids is 2. The van der Waals surface area contributed by atoms with Gasteiger partial charge >= 0.3 is 103 Å². The Morgan fingerprint density at radius 1 is 0.931 bits per heavy atom. The summed E-state index contributed by atoms with van der Waals surface area (Å²) < 4.78 is 26.2. The minimum absolute atomic E-state index is 0. The van der Waals surface area contributed by atoms with E-state index in [9.17, 15) is 18.4 Å². The zero-order valence-corrected chi connectivity index (χ0v) is 43.9. The number of amides is 1. The fraction of sp³-hybridized carbons (Fsp3) is 0.205. The second-order valence-electron chi connectivity index (χ2n) is 10.6. The van der Waals surface area contributed by atoms with Crippen molar-refractivity contribution in [2.45, 2.75) is 50.5 Å². The quantitative estimate of drug-likeness (QED) is 0.0250. The van der Waals surface area contributed by atoms with Crippen LogP contribution in [0.5, 0.6) is 0 Å². The van der Waals surface area contributed by atoms with Crippen molar-refractivity contribution in [3.05, 3.63) is 151 Å². The minimum atomic E-state index is -0.353. The molecule has 0 saturated carbocycles. The van der Waals surface area contributed by atoms with Crippen molar-refractivity contribution in [3.8, 4) is 0 Å². The molecule has 0 bridgehead atoms. The fourth-order valence-corrected chi connectivity index (χ4v) is 7.05. The molecule has 0 unspecified atom stereocenters. The number of benzene rings is 4. The third-order valence-corrected chi connectivity index (χ3v) is 10.7. The molecular weight excluding hydrogens is 1000 g/mol. The van der Waals surface area contributed by atoms with Gasteiger partial charge in [0.15, 0.2) is 10.1 Å². The van der Waals surface area contributed by atoms with Crippen LogP contribution in [-0.2, 0) is 47.6 Å². The van der Waals surface area contributed by atoms with E-state index in [2.05, 4.69) is 61.5 Å². The molecule has 0 fully saturated rings. The van der Waals surface area contributed by atoms with Crippen LogP contribution < -0.4 is 114 Å². The molecule has 4 aromatic carbocycles. The number of carbonyl (C=O) groups is 2. The number of hydrogen-bond donors (Lipinski definition) is 2. The number of para-hydroxylation sites is 1. The Hall–Kier alpha value is -0.117. The molecule has 1 amide bonds. The molecule has 1 heterocycles. The molecule has 0 aliphatic rings. The van der Waals surface area contributed by atoms with E-state index in [0.29, 0.717) is 42.5 Å². The van der Waals surface area contributed by atoms with Gasteiger partial charge in [-0.15, -0.1) is 27.9 Å². The number of ketones is 1. The molecule has 0 aliphatic carbocycles. The maximum atomic E-state index is 13.2. The molecule has 0 aliphatic heterocycles. The van der Waals surface area contributed by atoms with Crippen LogP contribution >= 0.6 is 73.8 Å². The maximum absolute atomic E-state index is 13.2. The van der Waals surface area contributed by atoms with Gasteiger partial charge in [0, 0.05) is 27.6 Å². The van der Waals surface area contributed by atoms with Crippen LogP contribution in [-0.4, -0.2) is 26.9 Å². The molecule has 19 heteroatoms. The normalized spacial score (nSPS) is 9.16. The summed E-state index contributed by atoms with van der Waals surface area (Å²) in [5, 5.41) is 7.56. The summed E-state index contributed by atoms with van der Waals surface area (Å²) in [7, 11) is 0. The number of hydrogen-bond acceptors (Lipinski definition) is 9. The monoisotopic (exact) mass is 1040 g/mol. The fourth-order valence-electron chi connectivity index (χ4n) is 4.06. The standard InChI is InChI=1S/C18H15ClFN3OS2.C10H10Cl2O.C7H6BrF.C2H2N2S2.2CH4.2K/c1-10-4-2-7-13(19)14(10)22-17(24)15-16(21)23-18(26-15)25-9-11-5-3-6-12(20)8-11;1-7-3-2-4-10(12)9(7)5-8(13)6-11;8-5-6-2-1-3-7(9)4-6;1-3-4-2(5)6;;;;/h2-8H,9,21H2,1H3,(H,22,24);2-4H,5-6H2,1H3;1-4H,5H2;(H2,4,5,6);2*1H4;;/q;;;;;;2*+1/p-2. The first-order valence-corrected chi connectivity index (χ1v) is 20.3.